The smallest absolute Gasteiger partial charge is 0.224 e. The van der Waals surface area contributed by atoms with E-state index in [0.29, 0.717) is 16.7 Å². The fraction of sp³-hybridized carbons (Fsp3) is 0.588. The zero-order chi connectivity index (χ0) is 14.7. The molecule has 20 heavy (non-hydrogen) atoms. The number of carbonyl (C=O) groups is 1. The van der Waals surface area contributed by atoms with Crippen molar-refractivity contribution in [1.82, 2.24) is 5.32 Å². The molecule has 0 saturated heterocycles. The van der Waals surface area contributed by atoms with Gasteiger partial charge in [0.1, 0.15) is 0 Å². The highest BCUT2D eigenvalue weighted by atomic mass is 79.9. The Morgan fingerprint density at radius 1 is 1.20 bits per heavy atom. The Bertz CT molecular complexity index is 436. The monoisotopic (exact) mass is 337 g/mol. The molecule has 3 heteroatoms. The van der Waals surface area contributed by atoms with Crippen molar-refractivity contribution in [2.75, 3.05) is 0 Å². The van der Waals surface area contributed by atoms with Crippen LogP contribution in [-0.4, -0.2) is 10.7 Å². The number of hydrogen-bond donors (Lipinski definition) is 1. The lowest BCUT2D eigenvalue weighted by Gasteiger charge is -2.36. The van der Waals surface area contributed by atoms with Gasteiger partial charge in [0, 0.05) is 10.7 Å². The first kappa shape index (κ1) is 15.6. The van der Waals surface area contributed by atoms with Gasteiger partial charge in [-0.1, -0.05) is 60.1 Å². The van der Waals surface area contributed by atoms with Crippen LogP contribution in [-0.2, 0) is 4.79 Å². The molecule has 0 heterocycles. The summed E-state index contributed by atoms with van der Waals surface area (Å²) in [7, 11) is 0. The summed E-state index contributed by atoms with van der Waals surface area (Å²) < 4.78 is 0. The molecule has 0 bridgehead atoms. The number of benzene rings is 1. The number of nitrogens with one attached hydrogen (secondary N) is 1. The fourth-order valence-corrected chi connectivity index (χ4v) is 4.59. The molecule has 1 aliphatic rings. The number of hydrogen-bond acceptors (Lipinski definition) is 1. The molecular formula is C17H24BrNO. The second-order valence-corrected chi connectivity index (χ2v) is 7.48. The van der Waals surface area contributed by atoms with Crippen molar-refractivity contribution in [1.29, 1.82) is 0 Å². The van der Waals surface area contributed by atoms with Crippen molar-refractivity contribution in [3.05, 3.63) is 35.9 Å². The zero-order valence-corrected chi connectivity index (χ0v) is 14.1. The lowest BCUT2D eigenvalue weighted by atomic mass is 9.73. The molecule has 2 unspecified atom stereocenters. The molecule has 1 aliphatic carbocycles. The maximum atomic E-state index is 12.6. The summed E-state index contributed by atoms with van der Waals surface area (Å²) in [6.07, 6.45) is 2.17. The minimum atomic E-state index is 0.0739. The summed E-state index contributed by atoms with van der Waals surface area (Å²) in [4.78, 5) is 13.1. The number of amides is 1. The summed E-state index contributed by atoms with van der Waals surface area (Å²) in [5.41, 5.74) is 1.16. The van der Waals surface area contributed by atoms with Gasteiger partial charge in [0.05, 0.1) is 6.04 Å². The Kier molecular flexibility index (Phi) is 5.25. The van der Waals surface area contributed by atoms with Gasteiger partial charge in [0.15, 0.2) is 0 Å². The average molecular weight is 338 g/mol. The van der Waals surface area contributed by atoms with E-state index in [1.54, 1.807) is 0 Å². The number of alkyl halides is 1. The summed E-state index contributed by atoms with van der Waals surface area (Å²) in [6.45, 7) is 6.45. The average Bonchev–Trinajstić information content (AvgIpc) is 2.38. The van der Waals surface area contributed by atoms with Gasteiger partial charge in [0.2, 0.25) is 5.91 Å². The van der Waals surface area contributed by atoms with Gasteiger partial charge in [-0.2, -0.15) is 0 Å². The van der Waals surface area contributed by atoms with Crippen LogP contribution in [0.3, 0.4) is 0 Å². The highest BCUT2D eigenvalue weighted by molar-refractivity contribution is 9.09. The molecule has 1 fully saturated rings. The molecule has 0 aliphatic heterocycles. The van der Waals surface area contributed by atoms with Gasteiger partial charge in [-0.15, -0.1) is 0 Å². The maximum Gasteiger partial charge on any atom is 0.224 e. The molecule has 110 valence electrons. The van der Waals surface area contributed by atoms with Crippen LogP contribution >= 0.6 is 15.9 Å². The van der Waals surface area contributed by atoms with E-state index in [9.17, 15) is 4.79 Å². The Labute approximate surface area is 130 Å². The van der Waals surface area contributed by atoms with Crippen molar-refractivity contribution in [2.24, 2.45) is 17.8 Å². The van der Waals surface area contributed by atoms with Gasteiger partial charge in [-0.05, 0) is 37.2 Å². The fourth-order valence-electron chi connectivity index (χ4n) is 3.41. The Hall–Kier alpha value is -0.830. The molecule has 3 atom stereocenters. The van der Waals surface area contributed by atoms with E-state index in [-0.39, 0.29) is 17.9 Å². The van der Waals surface area contributed by atoms with Crippen molar-refractivity contribution in [3.63, 3.8) is 0 Å². The second-order valence-electron chi connectivity index (χ2n) is 6.19. The lowest BCUT2D eigenvalue weighted by molar-refractivity contribution is -0.130. The van der Waals surface area contributed by atoms with Crippen LogP contribution in [0.1, 0.15) is 45.2 Å². The molecule has 2 nitrogen and oxygen atoms in total. The van der Waals surface area contributed by atoms with Crippen LogP contribution in [0.25, 0.3) is 0 Å². The minimum absolute atomic E-state index is 0.0739. The lowest BCUT2D eigenvalue weighted by Crippen LogP contribution is -2.42. The predicted octanol–water partition coefficient (Wildman–Crippen LogP) is 4.31. The van der Waals surface area contributed by atoms with Crippen LogP contribution in [0.4, 0.5) is 0 Å². The van der Waals surface area contributed by atoms with Gasteiger partial charge >= 0.3 is 0 Å². The standard InChI is InChI=1S/C17H24BrNO/c1-11-9-15(18)10-12(2)16(11)17(20)19-13(3)14-7-5-4-6-8-14/h4-8,11-13,15-16H,9-10H2,1-3H3,(H,19,20)/t11?,12?,13-,15?,16?/m1/s1. The Morgan fingerprint density at radius 2 is 1.75 bits per heavy atom. The highest BCUT2D eigenvalue weighted by Crippen LogP contribution is 2.38. The van der Waals surface area contributed by atoms with Crippen molar-refractivity contribution in [2.45, 2.75) is 44.5 Å². The van der Waals surface area contributed by atoms with E-state index in [0.717, 1.165) is 18.4 Å². The Morgan fingerprint density at radius 3 is 2.30 bits per heavy atom. The summed E-state index contributed by atoms with van der Waals surface area (Å²) in [6, 6.07) is 10.2. The molecule has 0 radical (unpaired) electrons. The first-order chi connectivity index (χ1) is 9.49. The number of rotatable bonds is 3. The van der Waals surface area contributed by atoms with Gasteiger partial charge in [-0.25, -0.2) is 0 Å². The van der Waals surface area contributed by atoms with Crippen molar-refractivity contribution < 1.29 is 4.79 Å². The van der Waals surface area contributed by atoms with E-state index >= 15 is 0 Å². The number of halogens is 1. The first-order valence-corrected chi connectivity index (χ1v) is 8.40. The van der Waals surface area contributed by atoms with Crippen LogP contribution in [0, 0.1) is 17.8 Å². The second kappa shape index (κ2) is 6.75. The summed E-state index contributed by atoms with van der Waals surface area (Å²) in [5, 5.41) is 3.19. The van der Waals surface area contributed by atoms with Gasteiger partial charge in [0.25, 0.3) is 0 Å². The molecule has 0 aromatic heterocycles. The van der Waals surface area contributed by atoms with Gasteiger partial charge < -0.3 is 5.32 Å². The number of carbonyl (C=O) groups excluding carboxylic acids is 1. The van der Waals surface area contributed by atoms with E-state index in [2.05, 4.69) is 54.2 Å². The molecule has 1 amide bonds. The normalized spacial score (nSPS) is 31.6. The van der Waals surface area contributed by atoms with Crippen LogP contribution < -0.4 is 5.32 Å². The molecular weight excluding hydrogens is 314 g/mol. The molecule has 1 saturated carbocycles. The quantitative estimate of drug-likeness (QED) is 0.818. The van der Waals surface area contributed by atoms with Crippen LogP contribution in [0.5, 0.6) is 0 Å². The molecule has 1 aromatic carbocycles. The minimum Gasteiger partial charge on any atom is -0.349 e. The van der Waals surface area contributed by atoms with E-state index in [1.807, 2.05) is 18.2 Å². The zero-order valence-electron chi connectivity index (χ0n) is 12.5. The van der Waals surface area contributed by atoms with Crippen molar-refractivity contribution in [3.8, 4) is 0 Å². The maximum absolute atomic E-state index is 12.6. The summed E-state index contributed by atoms with van der Waals surface area (Å²) in [5.74, 6) is 1.22. The van der Waals surface area contributed by atoms with Crippen LogP contribution in [0.15, 0.2) is 30.3 Å². The molecule has 0 spiro atoms. The summed E-state index contributed by atoms with van der Waals surface area (Å²) >= 11 is 3.70. The third-order valence-electron chi connectivity index (χ3n) is 4.44. The third kappa shape index (κ3) is 3.63. The molecule has 2 rings (SSSR count). The van der Waals surface area contributed by atoms with Gasteiger partial charge in [-0.3, -0.25) is 4.79 Å². The molecule has 1 aromatic rings. The van der Waals surface area contributed by atoms with E-state index < -0.39 is 0 Å². The largest absolute Gasteiger partial charge is 0.349 e. The van der Waals surface area contributed by atoms with Crippen LogP contribution in [0.2, 0.25) is 0 Å². The SMILES string of the molecule is CC1CC(Br)CC(C)C1C(=O)N[C@H](C)c1ccccc1. The Balaban J connectivity index is 2.01. The topological polar surface area (TPSA) is 29.1 Å². The molecule has 1 N–H and O–H groups in total. The predicted molar refractivity (Wildman–Crippen MR) is 86.8 cm³/mol. The highest BCUT2D eigenvalue weighted by Gasteiger charge is 2.37. The first-order valence-electron chi connectivity index (χ1n) is 7.48. The van der Waals surface area contributed by atoms with E-state index in [1.165, 1.54) is 0 Å². The van der Waals surface area contributed by atoms with Crippen molar-refractivity contribution >= 4 is 21.8 Å². The van der Waals surface area contributed by atoms with E-state index in [4.69, 9.17) is 0 Å². The third-order valence-corrected chi connectivity index (χ3v) is 5.19.